The maximum Gasteiger partial charge on any atom is 0.255 e. The van der Waals surface area contributed by atoms with Gasteiger partial charge in [-0.05, 0) is 94.9 Å². The van der Waals surface area contributed by atoms with Crippen molar-refractivity contribution in [3.63, 3.8) is 0 Å². The summed E-state index contributed by atoms with van der Waals surface area (Å²) in [6, 6.07) is 10.7. The minimum atomic E-state index is -3.58. The Morgan fingerprint density at radius 2 is 1.51 bits per heavy atom. The van der Waals surface area contributed by atoms with E-state index in [-0.39, 0.29) is 16.7 Å². The lowest BCUT2D eigenvalue weighted by atomic mass is 9.90. The van der Waals surface area contributed by atoms with Crippen LogP contribution >= 0.6 is 11.6 Å². The fourth-order valence-electron chi connectivity index (χ4n) is 6.08. The summed E-state index contributed by atoms with van der Waals surface area (Å²) in [4.78, 5) is 23.3. The van der Waals surface area contributed by atoms with Gasteiger partial charge in [0.15, 0.2) is 0 Å². The summed E-state index contributed by atoms with van der Waals surface area (Å²) in [5, 5.41) is 0.510. The van der Waals surface area contributed by atoms with Gasteiger partial charge in [0, 0.05) is 48.9 Å². The van der Waals surface area contributed by atoms with Crippen molar-refractivity contribution in [1.82, 2.24) is 19.1 Å². The topological polar surface area (TPSA) is 73.8 Å². The number of carbonyl (C=O) groups excluding carboxylic acids is 1. The molecular formula is C28H37ClN4O3S. The van der Waals surface area contributed by atoms with E-state index in [9.17, 15) is 13.2 Å². The molecule has 1 aromatic heterocycles. The Labute approximate surface area is 225 Å². The molecule has 0 saturated carbocycles. The molecule has 0 unspecified atom stereocenters. The molecule has 3 aliphatic rings. The van der Waals surface area contributed by atoms with E-state index in [2.05, 4.69) is 4.90 Å². The van der Waals surface area contributed by atoms with E-state index in [1.54, 1.807) is 24.3 Å². The summed E-state index contributed by atoms with van der Waals surface area (Å²) in [7, 11) is -3.58. The number of nitrogens with zero attached hydrogens (tertiary/aromatic N) is 4. The van der Waals surface area contributed by atoms with Crippen LogP contribution in [0.1, 0.15) is 72.6 Å². The van der Waals surface area contributed by atoms with Gasteiger partial charge in [-0.15, -0.1) is 0 Å². The van der Waals surface area contributed by atoms with Crippen LogP contribution in [0.5, 0.6) is 0 Å². The summed E-state index contributed by atoms with van der Waals surface area (Å²) < 4.78 is 27.8. The Kier molecular flexibility index (Phi) is 8.19. The largest absolute Gasteiger partial charge is 0.338 e. The van der Waals surface area contributed by atoms with Crippen LogP contribution in [0.4, 0.5) is 0 Å². The van der Waals surface area contributed by atoms with E-state index in [0.717, 1.165) is 37.3 Å². The van der Waals surface area contributed by atoms with E-state index in [4.69, 9.17) is 16.6 Å². The standard InChI is InChI=1S/C28H37ClN4O3S/c1-21-5-10-26(28(34)32-17-13-24(14-18-32)31-15-3-2-4-16-31)27(30-21)22-11-19-33(20-12-22)37(35,36)25-8-6-23(29)7-9-25/h5-10,22,24H,2-4,11-20H2,1H3. The first-order valence-electron chi connectivity index (χ1n) is 13.6. The fourth-order valence-corrected chi connectivity index (χ4v) is 7.68. The zero-order valence-electron chi connectivity index (χ0n) is 21.6. The molecule has 5 rings (SSSR count). The second kappa shape index (κ2) is 11.4. The molecule has 0 aliphatic carbocycles. The maximum atomic E-state index is 13.6. The van der Waals surface area contributed by atoms with Gasteiger partial charge in [0.05, 0.1) is 16.2 Å². The first kappa shape index (κ1) is 26.6. The van der Waals surface area contributed by atoms with E-state index in [1.165, 1.54) is 36.7 Å². The number of benzene rings is 1. The molecule has 2 aromatic rings. The predicted molar refractivity (Wildman–Crippen MR) is 146 cm³/mol. The van der Waals surface area contributed by atoms with Crippen molar-refractivity contribution >= 4 is 27.5 Å². The Hall–Kier alpha value is -2.00. The minimum Gasteiger partial charge on any atom is -0.338 e. The van der Waals surface area contributed by atoms with Crippen molar-refractivity contribution in [2.75, 3.05) is 39.3 Å². The number of carbonyl (C=O) groups is 1. The SMILES string of the molecule is Cc1ccc(C(=O)N2CCC(N3CCCCC3)CC2)c(C2CCN(S(=O)(=O)c3ccc(Cl)cc3)CC2)n1. The van der Waals surface area contributed by atoms with Crippen LogP contribution in [0, 0.1) is 6.92 Å². The summed E-state index contributed by atoms with van der Waals surface area (Å²) >= 11 is 5.94. The number of aromatic nitrogens is 1. The normalized spacial score (nSPS) is 21.3. The van der Waals surface area contributed by atoms with Gasteiger partial charge in [0.2, 0.25) is 10.0 Å². The van der Waals surface area contributed by atoms with Crippen molar-refractivity contribution in [2.24, 2.45) is 0 Å². The number of hydrogen-bond donors (Lipinski definition) is 0. The van der Waals surface area contributed by atoms with Crippen molar-refractivity contribution < 1.29 is 13.2 Å². The Morgan fingerprint density at radius 1 is 0.865 bits per heavy atom. The maximum absolute atomic E-state index is 13.6. The van der Waals surface area contributed by atoms with Gasteiger partial charge < -0.3 is 9.80 Å². The van der Waals surface area contributed by atoms with Gasteiger partial charge >= 0.3 is 0 Å². The lowest BCUT2D eigenvalue weighted by Gasteiger charge is -2.40. The van der Waals surface area contributed by atoms with E-state index < -0.39 is 10.0 Å². The second-order valence-electron chi connectivity index (χ2n) is 10.6. The summed E-state index contributed by atoms with van der Waals surface area (Å²) in [6.07, 6.45) is 7.25. The highest BCUT2D eigenvalue weighted by molar-refractivity contribution is 7.89. The monoisotopic (exact) mass is 544 g/mol. The Bertz CT molecular complexity index is 1200. The number of aryl methyl sites for hydroxylation is 1. The molecule has 9 heteroatoms. The minimum absolute atomic E-state index is 0.0569. The number of sulfonamides is 1. The molecule has 3 aliphatic heterocycles. The van der Waals surface area contributed by atoms with Gasteiger partial charge in [-0.2, -0.15) is 4.31 Å². The van der Waals surface area contributed by atoms with E-state index in [0.29, 0.717) is 42.6 Å². The molecule has 0 atom stereocenters. The second-order valence-corrected chi connectivity index (χ2v) is 13.0. The number of rotatable bonds is 5. The predicted octanol–water partition coefficient (Wildman–Crippen LogP) is 4.70. The van der Waals surface area contributed by atoms with Gasteiger partial charge in [-0.3, -0.25) is 9.78 Å². The Balaban J connectivity index is 1.25. The van der Waals surface area contributed by atoms with Gasteiger partial charge in [0.25, 0.3) is 5.91 Å². The number of likely N-dealkylation sites (tertiary alicyclic amines) is 2. The summed E-state index contributed by atoms with van der Waals surface area (Å²) in [5.74, 6) is 0.122. The van der Waals surface area contributed by atoms with Gasteiger partial charge in [0.1, 0.15) is 0 Å². The molecule has 0 spiro atoms. The number of halogens is 1. The van der Waals surface area contributed by atoms with Crippen LogP contribution in [0.2, 0.25) is 5.02 Å². The molecule has 4 heterocycles. The molecule has 1 aromatic carbocycles. The Morgan fingerprint density at radius 3 is 2.16 bits per heavy atom. The van der Waals surface area contributed by atoms with Crippen molar-refractivity contribution in [3.05, 3.63) is 58.4 Å². The third-order valence-electron chi connectivity index (χ3n) is 8.25. The first-order chi connectivity index (χ1) is 17.8. The number of piperidine rings is 3. The summed E-state index contributed by atoms with van der Waals surface area (Å²) in [6.45, 7) is 6.70. The smallest absolute Gasteiger partial charge is 0.255 e. The van der Waals surface area contributed by atoms with Crippen LogP contribution in [-0.4, -0.2) is 78.7 Å². The lowest BCUT2D eigenvalue weighted by Crippen LogP contribution is -2.48. The molecule has 200 valence electrons. The van der Waals surface area contributed by atoms with Crippen molar-refractivity contribution in [1.29, 1.82) is 0 Å². The molecule has 3 saturated heterocycles. The zero-order valence-corrected chi connectivity index (χ0v) is 23.2. The zero-order chi connectivity index (χ0) is 26.0. The number of amides is 1. The number of pyridine rings is 1. The first-order valence-corrected chi connectivity index (χ1v) is 15.4. The number of hydrogen-bond acceptors (Lipinski definition) is 5. The molecular weight excluding hydrogens is 508 g/mol. The van der Waals surface area contributed by atoms with Crippen molar-refractivity contribution in [2.45, 2.75) is 68.7 Å². The van der Waals surface area contributed by atoms with Crippen LogP contribution in [0.25, 0.3) is 0 Å². The highest BCUT2D eigenvalue weighted by atomic mass is 35.5. The molecule has 37 heavy (non-hydrogen) atoms. The average Bonchev–Trinajstić information content (AvgIpc) is 2.93. The quantitative estimate of drug-likeness (QED) is 0.545. The lowest BCUT2D eigenvalue weighted by molar-refractivity contribution is 0.0587. The highest BCUT2D eigenvalue weighted by Crippen LogP contribution is 2.33. The van der Waals surface area contributed by atoms with Crippen LogP contribution in [-0.2, 0) is 10.0 Å². The van der Waals surface area contributed by atoms with Crippen LogP contribution in [0.3, 0.4) is 0 Å². The van der Waals surface area contributed by atoms with Gasteiger partial charge in [-0.1, -0.05) is 18.0 Å². The third kappa shape index (κ3) is 5.87. The molecule has 7 nitrogen and oxygen atoms in total. The molecule has 0 radical (unpaired) electrons. The molecule has 3 fully saturated rings. The summed E-state index contributed by atoms with van der Waals surface area (Å²) in [5.41, 5.74) is 2.39. The van der Waals surface area contributed by atoms with Crippen LogP contribution < -0.4 is 0 Å². The molecule has 0 N–H and O–H groups in total. The van der Waals surface area contributed by atoms with E-state index >= 15 is 0 Å². The van der Waals surface area contributed by atoms with Gasteiger partial charge in [-0.25, -0.2) is 8.42 Å². The van der Waals surface area contributed by atoms with Crippen molar-refractivity contribution in [3.8, 4) is 0 Å². The third-order valence-corrected chi connectivity index (χ3v) is 10.4. The van der Waals surface area contributed by atoms with E-state index in [1.807, 2.05) is 24.0 Å². The van der Waals surface area contributed by atoms with Crippen LogP contribution in [0.15, 0.2) is 41.3 Å². The molecule has 1 amide bonds. The molecule has 0 bridgehead atoms. The fraction of sp³-hybridized carbons (Fsp3) is 0.571. The average molecular weight is 545 g/mol. The highest BCUT2D eigenvalue weighted by Gasteiger charge is 2.34.